The number of methoxy groups -OCH3 is 1. The van der Waals surface area contributed by atoms with Crippen molar-refractivity contribution in [3.63, 3.8) is 0 Å². The number of amides is 1. The van der Waals surface area contributed by atoms with E-state index in [1.54, 1.807) is 31.2 Å². The van der Waals surface area contributed by atoms with E-state index in [4.69, 9.17) is 21.1 Å². The van der Waals surface area contributed by atoms with E-state index in [0.29, 0.717) is 16.5 Å². The summed E-state index contributed by atoms with van der Waals surface area (Å²) in [6.45, 7) is 1.58. The topological polar surface area (TPSA) is 93.7 Å². The van der Waals surface area contributed by atoms with E-state index >= 15 is 0 Å². The average Bonchev–Trinajstić information content (AvgIpc) is 3.45. The molecule has 2 aromatic rings. The molecule has 1 aliphatic carbocycles. The third-order valence-electron chi connectivity index (χ3n) is 4.12. The van der Waals surface area contributed by atoms with Gasteiger partial charge < -0.3 is 14.8 Å². The monoisotopic (exact) mass is 424 g/mol. The van der Waals surface area contributed by atoms with Crippen molar-refractivity contribution < 1.29 is 22.7 Å². The third-order valence-corrected chi connectivity index (χ3v) is 5.87. The molecule has 0 radical (unpaired) electrons. The van der Waals surface area contributed by atoms with Gasteiger partial charge in [0.05, 0.1) is 17.7 Å². The molecule has 0 aromatic heterocycles. The van der Waals surface area contributed by atoms with Crippen LogP contribution in [-0.2, 0) is 14.8 Å². The van der Waals surface area contributed by atoms with Crippen molar-refractivity contribution in [1.82, 2.24) is 4.72 Å². The van der Waals surface area contributed by atoms with E-state index in [1.165, 1.54) is 25.3 Å². The number of ether oxygens (including phenoxy) is 2. The minimum atomic E-state index is -3.66. The summed E-state index contributed by atoms with van der Waals surface area (Å²) in [7, 11) is -2.22. The summed E-state index contributed by atoms with van der Waals surface area (Å²) >= 11 is 5.92. The predicted molar refractivity (Wildman–Crippen MR) is 107 cm³/mol. The minimum Gasteiger partial charge on any atom is -0.495 e. The molecule has 0 heterocycles. The van der Waals surface area contributed by atoms with E-state index in [2.05, 4.69) is 10.0 Å². The molecule has 1 aliphatic rings. The van der Waals surface area contributed by atoms with Crippen LogP contribution >= 0.6 is 11.6 Å². The van der Waals surface area contributed by atoms with Gasteiger partial charge in [-0.1, -0.05) is 17.7 Å². The van der Waals surface area contributed by atoms with Gasteiger partial charge in [-0.3, -0.25) is 4.79 Å². The zero-order valence-corrected chi connectivity index (χ0v) is 17.0. The van der Waals surface area contributed by atoms with E-state index < -0.39 is 22.0 Å². The molecule has 28 heavy (non-hydrogen) atoms. The summed E-state index contributed by atoms with van der Waals surface area (Å²) in [6, 6.07) is 11.0. The van der Waals surface area contributed by atoms with Crippen molar-refractivity contribution in [2.24, 2.45) is 0 Å². The van der Waals surface area contributed by atoms with Crippen molar-refractivity contribution in [2.45, 2.75) is 36.8 Å². The molecule has 0 bridgehead atoms. The van der Waals surface area contributed by atoms with Gasteiger partial charge in [0.1, 0.15) is 11.5 Å². The quantitative estimate of drug-likeness (QED) is 0.678. The lowest BCUT2D eigenvalue weighted by atomic mass is 10.2. The Bertz CT molecular complexity index is 976. The number of rotatable bonds is 8. The van der Waals surface area contributed by atoms with Crippen LogP contribution in [-0.4, -0.2) is 33.6 Å². The maximum atomic E-state index is 12.5. The highest BCUT2D eigenvalue weighted by Gasteiger charge is 2.28. The second kappa shape index (κ2) is 8.38. The van der Waals surface area contributed by atoms with Gasteiger partial charge in [0.15, 0.2) is 6.10 Å². The number of hydrogen-bond acceptors (Lipinski definition) is 5. The molecular formula is C19H21ClN2O5S. The highest BCUT2D eigenvalue weighted by molar-refractivity contribution is 7.89. The van der Waals surface area contributed by atoms with Crippen LogP contribution in [0.25, 0.3) is 0 Å². The van der Waals surface area contributed by atoms with E-state index in [-0.39, 0.29) is 16.6 Å². The van der Waals surface area contributed by atoms with Crippen molar-refractivity contribution in [2.75, 3.05) is 12.4 Å². The molecule has 2 aromatic carbocycles. The van der Waals surface area contributed by atoms with Crippen LogP contribution in [0.3, 0.4) is 0 Å². The molecule has 7 nitrogen and oxygen atoms in total. The normalized spacial score (nSPS) is 15.0. The molecular weight excluding hydrogens is 404 g/mol. The lowest BCUT2D eigenvalue weighted by Crippen LogP contribution is -2.30. The van der Waals surface area contributed by atoms with Gasteiger partial charge in [-0.2, -0.15) is 0 Å². The van der Waals surface area contributed by atoms with Gasteiger partial charge in [-0.05, 0) is 56.2 Å². The van der Waals surface area contributed by atoms with Crippen LogP contribution in [0.5, 0.6) is 11.5 Å². The largest absolute Gasteiger partial charge is 0.495 e. The van der Waals surface area contributed by atoms with E-state index in [1.807, 2.05) is 0 Å². The molecule has 3 rings (SSSR count). The molecule has 1 unspecified atom stereocenters. The second-order valence-electron chi connectivity index (χ2n) is 6.46. The Labute approximate surface area is 169 Å². The minimum absolute atomic E-state index is 0.0174. The fraction of sp³-hybridized carbons (Fsp3) is 0.316. The van der Waals surface area contributed by atoms with Crippen LogP contribution < -0.4 is 19.5 Å². The summed E-state index contributed by atoms with van der Waals surface area (Å²) in [4.78, 5) is 12.6. The van der Waals surface area contributed by atoms with Gasteiger partial charge in [0.2, 0.25) is 10.0 Å². The summed E-state index contributed by atoms with van der Waals surface area (Å²) in [6.07, 6.45) is 0.822. The maximum Gasteiger partial charge on any atom is 0.265 e. The zero-order chi connectivity index (χ0) is 20.3. The Morgan fingerprint density at radius 1 is 1.21 bits per heavy atom. The molecule has 1 amide bonds. The Balaban J connectivity index is 1.75. The Morgan fingerprint density at radius 3 is 2.61 bits per heavy atom. The number of benzene rings is 2. The second-order valence-corrected chi connectivity index (χ2v) is 8.61. The van der Waals surface area contributed by atoms with Gasteiger partial charge in [0.25, 0.3) is 5.91 Å². The lowest BCUT2D eigenvalue weighted by Gasteiger charge is -2.17. The number of hydrogen-bond donors (Lipinski definition) is 2. The Morgan fingerprint density at radius 2 is 1.96 bits per heavy atom. The highest BCUT2D eigenvalue weighted by atomic mass is 35.5. The molecule has 150 valence electrons. The molecule has 1 saturated carbocycles. The molecule has 1 atom stereocenters. The maximum absolute atomic E-state index is 12.5. The first-order chi connectivity index (χ1) is 13.3. The van der Waals surface area contributed by atoms with Crippen molar-refractivity contribution in [1.29, 1.82) is 0 Å². The SMILES string of the molecule is COc1ccc(S(=O)(=O)NC2CC2)cc1NC(=O)C(C)Oc1cccc(Cl)c1. The molecule has 9 heteroatoms. The zero-order valence-electron chi connectivity index (χ0n) is 15.4. The fourth-order valence-corrected chi connectivity index (χ4v) is 3.98. The first kappa shape index (κ1) is 20.4. The number of carbonyl (C=O) groups excluding carboxylic acids is 1. The average molecular weight is 425 g/mol. The van der Waals surface area contributed by atoms with E-state index in [0.717, 1.165) is 12.8 Å². The van der Waals surface area contributed by atoms with Gasteiger partial charge in [-0.15, -0.1) is 0 Å². The molecule has 0 aliphatic heterocycles. The molecule has 1 fully saturated rings. The number of anilines is 1. The number of nitrogens with one attached hydrogen (secondary N) is 2. The highest BCUT2D eigenvalue weighted by Crippen LogP contribution is 2.29. The Kier molecular flexibility index (Phi) is 6.12. The van der Waals surface area contributed by atoms with Crippen LogP contribution in [0.2, 0.25) is 5.02 Å². The summed E-state index contributed by atoms with van der Waals surface area (Å²) < 4.78 is 38.3. The first-order valence-corrected chi connectivity index (χ1v) is 10.6. The molecule has 0 saturated heterocycles. The number of sulfonamides is 1. The van der Waals surface area contributed by atoms with Crippen molar-refractivity contribution in [3.8, 4) is 11.5 Å². The predicted octanol–water partition coefficient (Wildman–Crippen LogP) is 3.20. The van der Waals surface area contributed by atoms with Gasteiger partial charge in [0, 0.05) is 11.1 Å². The van der Waals surface area contributed by atoms with Gasteiger partial charge >= 0.3 is 0 Å². The van der Waals surface area contributed by atoms with Crippen LogP contribution in [0, 0.1) is 0 Å². The first-order valence-electron chi connectivity index (χ1n) is 8.72. The summed E-state index contributed by atoms with van der Waals surface area (Å²) in [5.74, 6) is 0.337. The smallest absolute Gasteiger partial charge is 0.265 e. The van der Waals surface area contributed by atoms with E-state index in [9.17, 15) is 13.2 Å². The van der Waals surface area contributed by atoms with Gasteiger partial charge in [-0.25, -0.2) is 13.1 Å². The fourth-order valence-electron chi connectivity index (χ4n) is 2.47. The van der Waals surface area contributed by atoms with Crippen molar-refractivity contribution in [3.05, 3.63) is 47.5 Å². The lowest BCUT2D eigenvalue weighted by molar-refractivity contribution is -0.122. The third kappa shape index (κ3) is 5.15. The number of halogens is 1. The molecule has 0 spiro atoms. The Hall–Kier alpha value is -2.29. The summed E-state index contributed by atoms with van der Waals surface area (Å²) in [5, 5.41) is 3.16. The van der Waals surface area contributed by atoms with Crippen LogP contribution in [0.1, 0.15) is 19.8 Å². The van der Waals surface area contributed by atoms with Crippen molar-refractivity contribution >= 4 is 33.2 Å². The summed E-state index contributed by atoms with van der Waals surface area (Å²) in [5.41, 5.74) is 0.243. The van der Waals surface area contributed by atoms with Crippen LogP contribution in [0.15, 0.2) is 47.4 Å². The standard InChI is InChI=1S/C19H21ClN2O5S/c1-12(27-15-5-3-4-13(20)10-15)19(23)21-17-11-16(8-9-18(17)26-2)28(24,25)22-14-6-7-14/h3-5,8-12,14,22H,6-7H2,1-2H3,(H,21,23). The van der Waals surface area contributed by atoms with Crippen LogP contribution in [0.4, 0.5) is 5.69 Å². The molecule has 2 N–H and O–H groups in total. The number of carbonyl (C=O) groups is 1.